The average molecular weight is 285 g/mol. The largest absolute Gasteiger partial charge is 0.268 e. The second kappa shape index (κ2) is 4.56. The summed E-state index contributed by atoms with van der Waals surface area (Å²) < 4.78 is 0. The van der Waals surface area contributed by atoms with E-state index >= 15 is 0 Å². The van der Waals surface area contributed by atoms with Crippen LogP contribution in [0.15, 0.2) is 60.7 Å². The summed E-state index contributed by atoms with van der Waals surface area (Å²) >= 11 is 0. The summed E-state index contributed by atoms with van der Waals surface area (Å²) in [4.78, 5) is 26.9. The number of nitrogens with zero attached hydrogens (tertiary/aromatic N) is 1. The van der Waals surface area contributed by atoms with Gasteiger partial charge in [0.05, 0.1) is 5.69 Å². The third-order valence-corrected chi connectivity index (χ3v) is 4.14. The molecule has 0 saturated heterocycles. The Hall–Kier alpha value is -2.88. The fraction of sp³-hybridized carbons (Fsp3) is 0. The molecule has 22 heavy (non-hydrogen) atoms. The van der Waals surface area contributed by atoms with E-state index in [1.165, 1.54) is 4.90 Å². The van der Waals surface area contributed by atoms with Gasteiger partial charge in [0.15, 0.2) is 0 Å². The predicted molar refractivity (Wildman–Crippen MR) is 89.7 cm³/mol. The van der Waals surface area contributed by atoms with E-state index in [0.717, 1.165) is 16.2 Å². The lowest BCUT2D eigenvalue weighted by molar-refractivity contribution is 0.0893. The molecule has 0 atom stereocenters. The van der Waals surface area contributed by atoms with Crippen LogP contribution in [0.25, 0.3) is 10.8 Å². The highest BCUT2D eigenvalue weighted by atomic mass is 16.2. The number of hydrogen-bond donors (Lipinski definition) is 0. The molecule has 0 aliphatic carbocycles. The topological polar surface area (TPSA) is 37.4 Å². The number of rotatable bonds is 1. The van der Waals surface area contributed by atoms with E-state index in [1.54, 1.807) is 18.2 Å². The first-order valence-corrected chi connectivity index (χ1v) is 7.14. The van der Waals surface area contributed by atoms with Crippen LogP contribution in [0.1, 0.15) is 20.7 Å². The molecule has 2 amide bonds. The Bertz CT molecular complexity index is 912. The lowest BCUT2D eigenvalue weighted by Gasteiger charge is -2.27. The van der Waals surface area contributed by atoms with Crippen molar-refractivity contribution in [1.29, 1.82) is 0 Å². The van der Waals surface area contributed by atoms with Crippen molar-refractivity contribution >= 4 is 41.6 Å². The Morgan fingerprint density at radius 3 is 2.14 bits per heavy atom. The third kappa shape index (κ3) is 1.64. The Balaban J connectivity index is 2.03. The molecule has 3 aromatic rings. The second-order valence-electron chi connectivity index (χ2n) is 5.44. The maximum atomic E-state index is 12.8. The molecule has 0 saturated carbocycles. The normalized spacial score (nSPS) is 13.7. The van der Waals surface area contributed by atoms with Crippen molar-refractivity contribution in [3.05, 3.63) is 71.8 Å². The van der Waals surface area contributed by atoms with Crippen LogP contribution in [0.5, 0.6) is 0 Å². The van der Waals surface area contributed by atoms with Gasteiger partial charge in [-0.05, 0) is 29.7 Å². The van der Waals surface area contributed by atoms with E-state index in [4.69, 9.17) is 0 Å². The number of para-hydroxylation sites is 1. The molecule has 1 heterocycles. The molecule has 0 fully saturated rings. The number of anilines is 1. The summed E-state index contributed by atoms with van der Waals surface area (Å²) in [5.41, 5.74) is 2.83. The number of hydrogen-bond acceptors (Lipinski definition) is 2. The summed E-state index contributed by atoms with van der Waals surface area (Å²) in [6.45, 7) is 0. The maximum absolute atomic E-state index is 12.8. The number of amides is 2. The van der Waals surface area contributed by atoms with E-state index < -0.39 is 0 Å². The second-order valence-corrected chi connectivity index (χ2v) is 5.44. The van der Waals surface area contributed by atoms with Gasteiger partial charge in [-0.3, -0.25) is 9.59 Å². The fourth-order valence-electron chi connectivity index (χ4n) is 3.05. The van der Waals surface area contributed by atoms with E-state index in [-0.39, 0.29) is 11.8 Å². The van der Waals surface area contributed by atoms with Crippen molar-refractivity contribution < 1.29 is 9.59 Å². The number of benzene rings is 3. The van der Waals surface area contributed by atoms with Crippen LogP contribution in [-0.2, 0) is 0 Å². The molecule has 1 aliphatic heterocycles. The molecule has 104 valence electrons. The lowest BCUT2D eigenvalue weighted by atomic mass is 9.84. The summed E-state index contributed by atoms with van der Waals surface area (Å²) in [5.74, 6) is -0.528. The SMILES string of the molecule is Bc1ccc2c3c(cccc13)C(=O)N(c1ccccc1)C2=O. The fourth-order valence-corrected chi connectivity index (χ4v) is 3.05. The Kier molecular flexibility index (Phi) is 2.66. The van der Waals surface area contributed by atoms with Crippen molar-refractivity contribution in [3.63, 3.8) is 0 Å². The molecule has 0 radical (unpaired) electrons. The zero-order valence-corrected chi connectivity index (χ0v) is 12.0. The van der Waals surface area contributed by atoms with E-state index in [0.29, 0.717) is 16.8 Å². The minimum atomic E-state index is -0.264. The first kappa shape index (κ1) is 12.8. The lowest BCUT2D eigenvalue weighted by Crippen LogP contribution is -2.40. The smallest absolute Gasteiger partial charge is 0.265 e. The van der Waals surface area contributed by atoms with E-state index in [2.05, 4.69) is 0 Å². The standard InChI is InChI=1S/C18H12BNO2/c19-15-10-9-14-16-12(15)7-4-8-13(16)17(21)20(18(14)22)11-5-2-1-3-6-11/h1-10H,19H2. The molecular formula is C18H12BNO2. The molecule has 3 aromatic carbocycles. The van der Waals surface area contributed by atoms with Crippen molar-refractivity contribution in [3.8, 4) is 0 Å². The highest BCUT2D eigenvalue weighted by molar-refractivity contribution is 6.43. The molecule has 3 nitrogen and oxygen atoms in total. The van der Waals surface area contributed by atoms with Gasteiger partial charge in [-0.1, -0.05) is 41.9 Å². The Labute approximate surface area is 128 Å². The van der Waals surface area contributed by atoms with Crippen LogP contribution in [0.3, 0.4) is 0 Å². The molecule has 0 bridgehead atoms. The van der Waals surface area contributed by atoms with Gasteiger partial charge in [0.2, 0.25) is 0 Å². The van der Waals surface area contributed by atoms with Crippen LogP contribution < -0.4 is 10.4 Å². The van der Waals surface area contributed by atoms with E-state index in [9.17, 15) is 9.59 Å². The van der Waals surface area contributed by atoms with Gasteiger partial charge in [-0.25, -0.2) is 4.90 Å². The van der Waals surface area contributed by atoms with Gasteiger partial charge in [0, 0.05) is 16.5 Å². The van der Waals surface area contributed by atoms with Gasteiger partial charge in [0.1, 0.15) is 7.85 Å². The monoisotopic (exact) mass is 285 g/mol. The zero-order valence-electron chi connectivity index (χ0n) is 12.0. The molecule has 0 spiro atoms. The molecule has 1 aliphatic rings. The minimum Gasteiger partial charge on any atom is -0.268 e. The maximum Gasteiger partial charge on any atom is 0.265 e. The van der Waals surface area contributed by atoms with Crippen LogP contribution in [0.4, 0.5) is 5.69 Å². The van der Waals surface area contributed by atoms with Gasteiger partial charge in [-0.15, -0.1) is 0 Å². The van der Waals surface area contributed by atoms with Crippen LogP contribution in [-0.4, -0.2) is 19.7 Å². The van der Waals surface area contributed by atoms with Gasteiger partial charge in [-0.2, -0.15) is 0 Å². The Morgan fingerprint density at radius 2 is 1.41 bits per heavy atom. The van der Waals surface area contributed by atoms with Gasteiger partial charge >= 0.3 is 0 Å². The minimum absolute atomic E-state index is 0.264. The molecule has 4 rings (SSSR count). The highest BCUT2D eigenvalue weighted by Gasteiger charge is 2.33. The third-order valence-electron chi connectivity index (χ3n) is 4.14. The molecule has 0 N–H and O–H groups in total. The number of carbonyl (C=O) groups excluding carboxylic acids is 2. The van der Waals surface area contributed by atoms with Crippen molar-refractivity contribution in [2.24, 2.45) is 0 Å². The summed E-state index contributed by atoms with van der Waals surface area (Å²) in [5, 5.41) is 1.73. The highest BCUT2D eigenvalue weighted by Crippen LogP contribution is 2.31. The van der Waals surface area contributed by atoms with Gasteiger partial charge in [0.25, 0.3) is 11.8 Å². The van der Waals surface area contributed by atoms with Crippen LogP contribution in [0, 0.1) is 0 Å². The number of carbonyl (C=O) groups is 2. The summed E-state index contributed by atoms with van der Waals surface area (Å²) in [6, 6.07) is 18.4. The zero-order chi connectivity index (χ0) is 15.3. The molecule has 4 heteroatoms. The summed E-state index contributed by atoms with van der Waals surface area (Å²) in [6.07, 6.45) is 0. The van der Waals surface area contributed by atoms with Gasteiger partial charge < -0.3 is 0 Å². The number of imide groups is 1. The molecule has 0 aromatic heterocycles. The molecule has 0 unspecified atom stereocenters. The van der Waals surface area contributed by atoms with Crippen molar-refractivity contribution in [2.75, 3.05) is 4.90 Å². The molecular weight excluding hydrogens is 273 g/mol. The van der Waals surface area contributed by atoms with E-state index in [1.807, 2.05) is 50.3 Å². The quantitative estimate of drug-likeness (QED) is 0.506. The Morgan fingerprint density at radius 1 is 0.727 bits per heavy atom. The van der Waals surface area contributed by atoms with Crippen molar-refractivity contribution in [2.45, 2.75) is 0 Å². The van der Waals surface area contributed by atoms with Crippen molar-refractivity contribution in [1.82, 2.24) is 0 Å². The first-order valence-electron chi connectivity index (χ1n) is 7.14. The predicted octanol–water partition coefficient (Wildman–Crippen LogP) is 1.90. The van der Waals surface area contributed by atoms with Crippen LogP contribution >= 0.6 is 0 Å². The summed E-state index contributed by atoms with van der Waals surface area (Å²) in [7, 11) is 1.99. The average Bonchev–Trinajstić information content (AvgIpc) is 2.55. The van der Waals surface area contributed by atoms with Crippen LogP contribution in [0.2, 0.25) is 0 Å². The first-order chi connectivity index (χ1) is 10.7.